The van der Waals surface area contributed by atoms with Crippen LogP contribution in [0.2, 0.25) is 0 Å². The van der Waals surface area contributed by atoms with E-state index in [9.17, 15) is 5.26 Å². The van der Waals surface area contributed by atoms with Gasteiger partial charge in [0.1, 0.15) is 0 Å². The van der Waals surface area contributed by atoms with Gasteiger partial charge in [-0.15, -0.1) is 0 Å². The average Bonchev–Trinajstić information content (AvgIpc) is 2.36. The van der Waals surface area contributed by atoms with E-state index in [4.69, 9.17) is 0 Å². The molecule has 0 radical (unpaired) electrons. The van der Waals surface area contributed by atoms with Crippen molar-refractivity contribution in [2.45, 2.75) is 6.42 Å². The molecule has 1 aliphatic rings. The Labute approximate surface area is 94.4 Å². The maximum atomic E-state index is 9.26. The molecule has 3 rings (SSSR count). The first-order chi connectivity index (χ1) is 7.90. The third kappa shape index (κ3) is 1.19. The van der Waals surface area contributed by atoms with E-state index in [1.807, 2.05) is 36.4 Å². The minimum Gasteiger partial charge on any atom is -0.247 e. The third-order valence-corrected chi connectivity index (χ3v) is 2.95. The lowest BCUT2D eigenvalue weighted by atomic mass is 9.96. The highest BCUT2D eigenvalue weighted by atomic mass is 15.1. The van der Waals surface area contributed by atoms with Crippen LogP contribution in [-0.4, -0.2) is 0 Å². The molecular formula is C14H10N2. The van der Waals surface area contributed by atoms with E-state index < -0.39 is 0 Å². The van der Waals surface area contributed by atoms with Crippen LogP contribution in [0.5, 0.6) is 0 Å². The van der Waals surface area contributed by atoms with Crippen molar-refractivity contribution in [2.24, 2.45) is 0 Å². The van der Waals surface area contributed by atoms with Crippen molar-refractivity contribution in [3.63, 3.8) is 0 Å². The molecule has 2 heteroatoms. The Morgan fingerprint density at radius 1 is 0.875 bits per heavy atom. The number of rotatable bonds is 0. The number of nitriles is 1. The summed E-state index contributed by atoms with van der Waals surface area (Å²) in [7, 11) is 0. The molecule has 76 valence electrons. The second-order valence-electron chi connectivity index (χ2n) is 3.87. The van der Waals surface area contributed by atoms with Crippen molar-refractivity contribution in [1.29, 1.82) is 5.26 Å². The Balaban J connectivity index is 2.24. The van der Waals surface area contributed by atoms with E-state index in [1.165, 1.54) is 11.1 Å². The number of hydrogen-bond acceptors (Lipinski definition) is 2. The summed E-state index contributed by atoms with van der Waals surface area (Å²) in [5, 5.41) is 9.26. The third-order valence-electron chi connectivity index (χ3n) is 2.95. The van der Waals surface area contributed by atoms with E-state index >= 15 is 0 Å². The van der Waals surface area contributed by atoms with Crippen LogP contribution < -0.4 is 4.90 Å². The number of anilines is 2. The largest absolute Gasteiger partial charge is 0.247 e. The van der Waals surface area contributed by atoms with E-state index in [0.29, 0.717) is 0 Å². The number of para-hydroxylation sites is 2. The van der Waals surface area contributed by atoms with Gasteiger partial charge in [-0.25, -0.2) is 4.90 Å². The predicted octanol–water partition coefficient (Wildman–Crippen LogP) is 3.21. The highest BCUT2D eigenvalue weighted by Crippen LogP contribution is 2.37. The van der Waals surface area contributed by atoms with Crippen LogP contribution in [0.3, 0.4) is 0 Å². The Morgan fingerprint density at radius 2 is 1.38 bits per heavy atom. The number of hydrogen-bond donors (Lipinski definition) is 0. The number of fused-ring (bicyclic) bond motifs is 2. The lowest BCUT2D eigenvalue weighted by Gasteiger charge is -2.26. The van der Waals surface area contributed by atoms with Crippen molar-refractivity contribution in [2.75, 3.05) is 4.90 Å². The second-order valence-corrected chi connectivity index (χ2v) is 3.87. The molecule has 0 bridgehead atoms. The molecule has 2 aromatic rings. The molecule has 2 aromatic carbocycles. The van der Waals surface area contributed by atoms with Gasteiger partial charge in [0, 0.05) is 6.42 Å². The van der Waals surface area contributed by atoms with Crippen molar-refractivity contribution in [3.05, 3.63) is 59.7 Å². The normalized spacial score (nSPS) is 12.6. The SMILES string of the molecule is N#CN1c2ccccc2Cc2ccccc21. The smallest absolute Gasteiger partial charge is 0.189 e. The summed E-state index contributed by atoms with van der Waals surface area (Å²) >= 11 is 0. The average molecular weight is 206 g/mol. The van der Waals surface area contributed by atoms with Gasteiger partial charge in [0.2, 0.25) is 0 Å². The van der Waals surface area contributed by atoms with E-state index in [2.05, 4.69) is 18.3 Å². The lowest BCUT2D eigenvalue weighted by molar-refractivity contribution is 1.09. The fourth-order valence-corrected chi connectivity index (χ4v) is 2.20. The van der Waals surface area contributed by atoms with Gasteiger partial charge in [-0.1, -0.05) is 36.4 Å². The Kier molecular flexibility index (Phi) is 1.91. The van der Waals surface area contributed by atoms with Crippen molar-refractivity contribution >= 4 is 11.4 Å². The van der Waals surface area contributed by atoms with Crippen molar-refractivity contribution in [1.82, 2.24) is 0 Å². The molecule has 0 aromatic heterocycles. The Hall–Kier alpha value is -2.27. The molecule has 1 heterocycles. The molecule has 0 saturated carbocycles. The van der Waals surface area contributed by atoms with E-state index in [-0.39, 0.29) is 0 Å². The van der Waals surface area contributed by atoms with E-state index in [0.717, 1.165) is 17.8 Å². The fourth-order valence-electron chi connectivity index (χ4n) is 2.20. The van der Waals surface area contributed by atoms with Crippen LogP contribution in [0.15, 0.2) is 48.5 Å². The first kappa shape index (κ1) is 8.99. The number of nitrogens with zero attached hydrogens (tertiary/aromatic N) is 2. The van der Waals surface area contributed by atoms with Crippen LogP contribution in [-0.2, 0) is 6.42 Å². The minimum absolute atomic E-state index is 0.907. The highest BCUT2D eigenvalue weighted by Gasteiger charge is 2.21. The first-order valence-corrected chi connectivity index (χ1v) is 5.26. The molecule has 0 atom stereocenters. The highest BCUT2D eigenvalue weighted by molar-refractivity contribution is 5.76. The standard InChI is InChI=1S/C14H10N2/c15-10-16-13-7-3-1-5-11(13)9-12-6-2-4-8-14(12)16/h1-8H,9H2. The summed E-state index contributed by atoms with van der Waals surface area (Å²) in [5.41, 5.74) is 4.43. The molecule has 0 aliphatic carbocycles. The van der Waals surface area contributed by atoms with Gasteiger partial charge in [0.25, 0.3) is 0 Å². The summed E-state index contributed by atoms with van der Waals surface area (Å²) in [6, 6.07) is 16.1. The Bertz CT molecular complexity index is 536. The molecule has 16 heavy (non-hydrogen) atoms. The molecule has 1 aliphatic heterocycles. The summed E-state index contributed by atoms with van der Waals surface area (Å²) in [6.07, 6.45) is 3.16. The van der Waals surface area contributed by atoms with Gasteiger partial charge >= 0.3 is 0 Å². The van der Waals surface area contributed by atoms with Gasteiger partial charge in [0.15, 0.2) is 6.19 Å². The molecule has 0 N–H and O–H groups in total. The fraction of sp³-hybridized carbons (Fsp3) is 0.0714. The predicted molar refractivity (Wildman–Crippen MR) is 63.4 cm³/mol. The molecule has 2 nitrogen and oxygen atoms in total. The van der Waals surface area contributed by atoms with Crippen LogP contribution in [0, 0.1) is 11.5 Å². The molecule has 0 fully saturated rings. The Morgan fingerprint density at radius 3 is 1.88 bits per heavy atom. The minimum atomic E-state index is 0.907. The first-order valence-electron chi connectivity index (χ1n) is 5.26. The molecule has 0 saturated heterocycles. The monoisotopic (exact) mass is 206 g/mol. The second kappa shape index (κ2) is 3.39. The quantitative estimate of drug-likeness (QED) is 0.619. The topological polar surface area (TPSA) is 27.0 Å². The number of benzene rings is 2. The lowest BCUT2D eigenvalue weighted by Crippen LogP contribution is -2.17. The summed E-state index contributed by atoms with van der Waals surface area (Å²) in [5.74, 6) is 0. The zero-order valence-electron chi connectivity index (χ0n) is 8.72. The van der Waals surface area contributed by atoms with Gasteiger partial charge in [-0.2, -0.15) is 5.26 Å². The van der Waals surface area contributed by atoms with Crippen LogP contribution in [0.25, 0.3) is 0 Å². The van der Waals surface area contributed by atoms with Crippen molar-refractivity contribution < 1.29 is 0 Å². The van der Waals surface area contributed by atoms with Crippen LogP contribution in [0.1, 0.15) is 11.1 Å². The molecular weight excluding hydrogens is 196 g/mol. The van der Waals surface area contributed by atoms with Gasteiger partial charge < -0.3 is 0 Å². The summed E-state index contributed by atoms with van der Waals surface area (Å²) in [6.45, 7) is 0. The summed E-state index contributed by atoms with van der Waals surface area (Å²) in [4.78, 5) is 1.70. The van der Waals surface area contributed by atoms with Crippen molar-refractivity contribution in [3.8, 4) is 6.19 Å². The maximum absolute atomic E-state index is 9.26. The zero-order chi connectivity index (χ0) is 11.0. The molecule has 0 unspecified atom stereocenters. The maximum Gasteiger partial charge on any atom is 0.189 e. The zero-order valence-corrected chi connectivity index (χ0v) is 8.72. The van der Waals surface area contributed by atoms with Gasteiger partial charge in [-0.05, 0) is 23.3 Å². The van der Waals surface area contributed by atoms with Crippen LogP contribution >= 0.6 is 0 Å². The molecule has 0 amide bonds. The summed E-state index contributed by atoms with van der Waals surface area (Å²) < 4.78 is 0. The van der Waals surface area contributed by atoms with Crippen LogP contribution in [0.4, 0.5) is 11.4 Å². The van der Waals surface area contributed by atoms with Gasteiger partial charge in [0.05, 0.1) is 11.4 Å². The van der Waals surface area contributed by atoms with E-state index in [1.54, 1.807) is 4.90 Å². The molecule has 0 spiro atoms. The van der Waals surface area contributed by atoms with Gasteiger partial charge in [-0.3, -0.25) is 0 Å².